The van der Waals surface area contributed by atoms with Crippen LogP contribution >= 0.6 is 0 Å². The average molecular weight is 427 g/mol. The highest BCUT2D eigenvalue weighted by Gasteiger charge is 2.42. The van der Waals surface area contributed by atoms with Gasteiger partial charge in [0.2, 0.25) is 0 Å². The summed E-state index contributed by atoms with van der Waals surface area (Å²) in [6.45, 7) is 2.70. The fourth-order valence-electron chi connectivity index (χ4n) is 3.02. The number of carbonyl (C=O) groups is 3. The van der Waals surface area contributed by atoms with E-state index in [0.717, 1.165) is 26.4 Å². The molecule has 7 nitrogen and oxygen atoms in total. The van der Waals surface area contributed by atoms with Gasteiger partial charge < -0.3 is 19.5 Å². The lowest BCUT2D eigenvalue weighted by atomic mass is 9.85. The van der Waals surface area contributed by atoms with Crippen molar-refractivity contribution in [3.8, 4) is 0 Å². The maximum atomic E-state index is 12.8. The number of dihydropyridines is 1. The van der Waals surface area contributed by atoms with E-state index in [0.29, 0.717) is 17.0 Å². The highest BCUT2D eigenvalue weighted by Crippen LogP contribution is 2.33. The number of halogens is 3. The second-order valence-corrected chi connectivity index (χ2v) is 6.42. The zero-order chi connectivity index (χ0) is 22.6. The lowest BCUT2D eigenvalue weighted by molar-refractivity contribution is -0.152. The van der Waals surface area contributed by atoms with Crippen molar-refractivity contribution in [3.63, 3.8) is 0 Å². The molecular weight excluding hydrogens is 407 g/mol. The predicted octanol–water partition coefficient (Wildman–Crippen LogP) is 2.86. The van der Waals surface area contributed by atoms with E-state index in [1.807, 2.05) is 0 Å². The molecule has 0 amide bonds. The molecule has 0 aliphatic carbocycles. The van der Waals surface area contributed by atoms with Crippen LogP contribution in [0, 0.1) is 5.92 Å². The standard InChI is InChI=1S/C20H20F3NO6/c1-10-14(17(25)28-3)16(15(11(2)24-10)18(26)29-4)19(27)30-9-12-5-7-13(8-6-12)20(21,22)23/h5-8,16,24H,9H2,1-4H3. The zero-order valence-corrected chi connectivity index (χ0v) is 16.7. The van der Waals surface area contributed by atoms with Gasteiger partial charge in [0.1, 0.15) is 12.5 Å². The average Bonchev–Trinajstić information content (AvgIpc) is 2.70. The van der Waals surface area contributed by atoms with Crippen LogP contribution in [-0.2, 0) is 41.4 Å². The van der Waals surface area contributed by atoms with Crippen molar-refractivity contribution in [1.82, 2.24) is 5.32 Å². The van der Waals surface area contributed by atoms with E-state index in [1.165, 1.54) is 26.0 Å². The van der Waals surface area contributed by atoms with Gasteiger partial charge in [0.15, 0.2) is 0 Å². The summed E-state index contributed by atoms with van der Waals surface area (Å²) >= 11 is 0. The van der Waals surface area contributed by atoms with Gasteiger partial charge in [-0.1, -0.05) is 12.1 Å². The molecule has 162 valence electrons. The van der Waals surface area contributed by atoms with Crippen LogP contribution in [0.5, 0.6) is 0 Å². The second-order valence-electron chi connectivity index (χ2n) is 6.42. The lowest BCUT2D eigenvalue weighted by Gasteiger charge is -2.28. The number of benzene rings is 1. The number of rotatable bonds is 5. The van der Waals surface area contributed by atoms with Crippen LogP contribution in [0.2, 0.25) is 0 Å². The summed E-state index contributed by atoms with van der Waals surface area (Å²) in [5.41, 5.74) is -0.200. The Morgan fingerprint density at radius 2 is 1.40 bits per heavy atom. The molecule has 1 aromatic carbocycles. The minimum Gasteiger partial charge on any atom is -0.466 e. The minimum atomic E-state index is -4.49. The molecule has 10 heteroatoms. The molecule has 0 saturated heterocycles. The SMILES string of the molecule is COC(=O)C1=C(C)NC(C)=C(C(=O)OC)C1C(=O)OCc1ccc(C(F)(F)F)cc1. The molecule has 0 fully saturated rings. The van der Waals surface area contributed by atoms with Gasteiger partial charge in [-0.05, 0) is 31.5 Å². The van der Waals surface area contributed by atoms with Crippen LogP contribution in [-0.4, -0.2) is 32.1 Å². The van der Waals surface area contributed by atoms with Gasteiger partial charge in [0, 0.05) is 11.4 Å². The van der Waals surface area contributed by atoms with Crippen LogP contribution in [0.1, 0.15) is 25.0 Å². The Balaban J connectivity index is 2.31. The Kier molecular flexibility index (Phi) is 6.91. The van der Waals surface area contributed by atoms with Crippen molar-refractivity contribution in [2.24, 2.45) is 5.92 Å². The van der Waals surface area contributed by atoms with E-state index < -0.39 is 35.6 Å². The van der Waals surface area contributed by atoms with Crippen LogP contribution < -0.4 is 5.32 Å². The maximum absolute atomic E-state index is 12.8. The van der Waals surface area contributed by atoms with Crippen LogP contribution in [0.25, 0.3) is 0 Å². The van der Waals surface area contributed by atoms with E-state index in [2.05, 4.69) is 5.32 Å². The molecule has 0 saturated carbocycles. The quantitative estimate of drug-likeness (QED) is 0.571. The predicted molar refractivity (Wildman–Crippen MR) is 97.3 cm³/mol. The fourth-order valence-corrected chi connectivity index (χ4v) is 3.02. The smallest absolute Gasteiger partial charge is 0.416 e. The molecular formula is C20H20F3NO6. The third kappa shape index (κ3) is 4.81. The van der Waals surface area contributed by atoms with E-state index in [1.54, 1.807) is 0 Å². The molecule has 1 heterocycles. The molecule has 1 aliphatic heterocycles. The number of carbonyl (C=O) groups excluding carboxylic acids is 3. The van der Waals surface area contributed by atoms with E-state index in [4.69, 9.17) is 14.2 Å². The Hall–Kier alpha value is -3.30. The first kappa shape index (κ1) is 23.0. The number of hydrogen-bond acceptors (Lipinski definition) is 7. The van der Waals surface area contributed by atoms with Crippen molar-refractivity contribution in [3.05, 3.63) is 57.9 Å². The van der Waals surface area contributed by atoms with Gasteiger partial charge in [0.05, 0.1) is 30.9 Å². The summed E-state index contributed by atoms with van der Waals surface area (Å²) in [6, 6.07) is 4.06. The van der Waals surface area contributed by atoms with Crippen molar-refractivity contribution in [2.75, 3.05) is 14.2 Å². The molecule has 1 aromatic rings. The molecule has 0 bridgehead atoms. The topological polar surface area (TPSA) is 90.9 Å². The van der Waals surface area contributed by atoms with E-state index in [-0.39, 0.29) is 17.8 Å². The summed E-state index contributed by atoms with van der Waals surface area (Å²) in [7, 11) is 2.24. The van der Waals surface area contributed by atoms with Gasteiger partial charge in [-0.3, -0.25) is 4.79 Å². The number of ether oxygens (including phenoxy) is 3. The summed E-state index contributed by atoms with van der Waals surface area (Å²) in [5.74, 6) is -4.05. The zero-order valence-electron chi connectivity index (χ0n) is 16.7. The van der Waals surface area contributed by atoms with E-state index >= 15 is 0 Å². The van der Waals surface area contributed by atoms with Crippen LogP contribution in [0.15, 0.2) is 46.8 Å². The van der Waals surface area contributed by atoms with Crippen molar-refractivity contribution >= 4 is 17.9 Å². The first-order chi connectivity index (χ1) is 14.0. The number of alkyl halides is 3. The molecule has 0 radical (unpaired) electrons. The van der Waals surface area contributed by atoms with E-state index in [9.17, 15) is 27.6 Å². The molecule has 0 aromatic heterocycles. The largest absolute Gasteiger partial charge is 0.466 e. The summed E-state index contributed by atoms with van der Waals surface area (Å²) in [5, 5.41) is 2.83. The molecule has 1 aliphatic rings. The summed E-state index contributed by atoms with van der Waals surface area (Å²) in [4.78, 5) is 37.3. The Morgan fingerprint density at radius 1 is 0.933 bits per heavy atom. The van der Waals surface area contributed by atoms with Crippen LogP contribution in [0.3, 0.4) is 0 Å². The Labute approximate surface area is 170 Å². The first-order valence-electron chi connectivity index (χ1n) is 8.69. The minimum absolute atomic E-state index is 0.124. The maximum Gasteiger partial charge on any atom is 0.416 e. The normalized spacial score (nSPS) is 14.9. The molecule has 0 atom stereocenters. The molecule has 0 spiro atoms. The monoisotopic (exact) mass is 427 g/mol. The van der Waals surface area contributed by atoms with Gasteiger partial charge >= 0.3 is 24.1 Å². The molecule has 0 unspecified atom stereocenters. The van der Waals surface area contributed by atoms with Gasteiger partial charge in [0.25, 0.3) is 0 Å². The second kappa shape index (κ2) is 9.02. The third-order valence-electron chi connectivity index (χ3n) is 4.47. The Bertz CT molecular complexity index is 877. The lowest BCUT2D eigenvalue weighted by Crippen LogP contribution is -2.37. The fraction of sp³-hybridized carbons (Fsp3) is 0.350. The molecule has 30 heavy (non-hydrogen) atoms. The van der Waals surface area contributed by atoms with Crippen molar-refractivity contribution < 1.29 is 41.8 Å². The van der Waals surface area contributed by atoms with Crippen molar-refractivity contribution in [2.45, 2.75) is 26.6 Å². The number of methoxy groups -OCH3 is 2. The number of allylic oxidation sites excluding steroid dienone is 2. The summed E-state index contributed by atoms with van der Waals surface area (Å²) in [6.07, 6.45) is -4.49. The van der Waals surface area contributed by atoms with Gasteiger partial charge in [-0.15, -0.1) is 0 Å². The van der Waals surface area contributed by atoms with Gasteiger partial charge in [-0.2, -0.15) is 13.2 Å². The molecule has 1 N–H and O–H groups in total. The van der Waals surface area contributed by atoms with Gasteiger partial charge in [-0.25, -0.2) is 9.59 Å². The van der Waals surface area contributed by atoms with Crippen molar-refractivity contribution in [1.29, 1.82) is 0 Å². The highest BCUT2D eigenvalue weighted by atomic mass is 19.4. The number of nitrogens with one attached hydrogen (secondary N) is 1. The molecule has 2 rings (SSSR count). The Morgan fingerprint density at radius 3 is 1.80 bits per heavy atom. The third-order valence-corrected chi connectivity index (χ3v) is 4.47. The van der Waals surface area contributed by atoms with Crippen LogP contribution in [0.4, 0.5) is 13.2 Å². The first-order valence-corrected chi connectivity index (χ1v) is 8.69. The number of hydrogen-bond donors (Lipinski definition) is 1. The highest BCUT2D eigenvalue weighted by molar-refractivity contribution is 6.05. The number of esters is 3. The summed E-state index contributed by atoms with van der Waals surface area (Å²) < 4.78 is 52.6.